The van der Waals surface area contributed by atoms with Crippen LogP contribution < -0.4 is 0 Å². The first-order chi connectivity index (χ1) is 7.07. The van der Waals surface area contributed by atoms with E-state index in [1.807, 2.05) is 0 Å². The van der Waals surface area contributed by atoms with Crippen molar-refractivity contribution >= 4 is 0 Å². The first-order valence-corrected chi connectivity index (χ1v) is 5.63. The average molecular weight is 210 g/mol. The summed E-state index contributed by atoms with van der Waals surface area (Å²) in [5.41, 5.74) is -1.03. The molecule has 1 aromatic heterocycles. The molecule has 0 amide bonds. The molecule has 0 bridgehead atoms. The van der Waals surface area contributed by atoms with Crippen molar-refractivity contribution in [2.24, 2.45) is 0 Å². The molecule has 1 aliphatic carbocycles. The summed E-state index contributed by atoms with van der Waals surface area (Å²) in [7, 11) is 0. The van der Waals surface area contributed by atoms with Crippen LogP contribution in [-0.2, 0) is 5.60 Å². The van der Waals surface area contributed by atoms with Crippen molar-refractivity contribution in [1.82, 2.24) is 10.2 Å². The van der Waals surface area contributed by atoms with Gasteiger partial charge >= 0.3 is 0 Å². The van der Waals surface area contributed by atoms with Crippen molar-refractivity contribution in [3.8, 4) is 0 Å². The first-order valence-electron chi connectivity index (χ1n) is 5.63. The quantitative estimate of drug-likeness (QED) is 0.814. The van der Waals surface area contributed by atoms with Crippen LogP contribution in [0.2, 0.25) is 0 Å². The Balaban J connectivity index is 2.12. The number of nitrogens with zero attached hydrogens (tertiary/aromatic N) is 2. The van der Waals surface area contributed by atoms with E-state index >= 15 is 0 Å². The van der Waals surface area contributed by atoms with Crippen molar-refractivity contribution in [2.45, 2.75) is 57.5 Å². The average Bonchev–Trinajstić information content (AvgIpc) is 2.67. The summed E-state index contributed by atoms with van der Waals surface area (Å²) in [4.78, 5) is 0. The summed E-state index contributed by atoms with van der Waals surface area (Å²) < 4.78 is 5.52. The van der Waals surface area contributed by atoms with Gasteiger partial charge in [-0.25, -0.2) is 0 Å². The summed E-state index contributed by atoms with van der Waals surface area (Å²) in [6.07, 6.45) is 6.06. The van der Waals surface area contributed by atoms with Crippen molar-refractivity contribution in [2.75, 3.05) is 0 Å². The van der Waals surface area contributed by atoms with Gasteiger partial charge in [0.15, 0.2) is 0 Å². The third kappa shape index (κ3) is 2.37. The second-order valence-corrected chi connectivity index (χ2v) is 4.84. The molecule has 4 nitrogen and oxygen atoms in total. The Bertz CT molecular complexity index is 322. The van der Waals surface area contributed by atoms with Crippen LogP contribution >= 0.6 is 0 Å². The van der Waals surface area contributed by atoms with E-state index in [1.165, 1.54) is 19.3 Å². The molecule has 0 saturated heterocycles. The fraction of sp³-hybridized carbons (Fsp3) is 0.818. The highest BCUT2D eigenvalue weighted by molar-refractivity contribution is 4.97. The highest BCUT2D eigenvalue weighted by Crippen LogP contribution is 2.32. The Morgan fingerprint density at radius 2 is 1.87 bits per heavy atom. The highest BCUT2D eigenvalue weighted by Gasteiger charge is 2.27. The lowest BCUT2D eigenvalue weighted by Crippen LogP contribution is -2.15. The summed E-state index contributed by atoms with van der Waals surface area (Å²) >= 11 is 0. The Morgan fingerprint density at radius 3 is 2.40 bits per heavy atom. The molecule has 4 heteroatoms. The third-order valence-corrected chi connectivity index (χ3v) is 2.92. The zero-order valence-electron chi connectivity index (χ0n) is 9.36. The molecule has 1 aliphatic rings. The molecule has 1 aromatic rings. The number of hydrogen-bond acceptors (Lipinski definition) is 4. The smallest absolute Gasteiger partial charge is 0.247 e. The largest absolute Gasteiger partial charge is 0.422 e. The predicted molar refractivity (Wildman–Crippen MR) is 55.4 cm³/mol. The van der Waals surface area contributed by atoms with Crippen LogP contribution in [0, 0.1) is 0 Å². The zero-order chi connectivity index (χ0) is 10.9. The maximum atomic E-state index is 9.70. The van der Waals surface area contributed by atoms with Gasteiger partial charge in [-0.15, -0.1) is 10.2 Å². The van der Waals surface area contributed by atoms with Crippen LogP contribution in [0.3, 0.4) is 0 Å². The van der Waals surface area contributed by atoms with Crippen molar-refractivity contribution in [3.63, 3.8) is 0 Å². The summed E-state index contributed by atoms with van der Waals surface area (Å²) in [5, 5.41) is 17.6. The number of aromatic nitrogens is 2. The molecule has 0 atom stereocenters. The number of hydrogen-bond donors (Lipinski definition) is 1. The van der Waals surface area contributed by atoms with Gasteiger partial charge in [-0.2, -0.15) is 0 Å². The Morgan fingerprint density at radius 1 is 1.20 bits per heavy atom. The fourth-order valence-electron chi connectivity index (χ4n) is 2.00. The van der Waals surface area contributed by atoms with Gasteiger partial charge in [0.05, 0.1) is 0 Å². The lowest BCUT2D eigenvalue weighted by atomic mass is 9.89. The highest BCUT2D eigenvalue weighted by atomic mass is 16.4. The lowest BCUT2D eigenvalue weighted by Gasteiger charge is -2.17. The summed E-state index contributed by atoms with van der Waals surface area (Å²) in [5.74, 6) is 1.43. The van der Waals surface area contributed by atoms with E-state index in [1.54, 1.807) is 13.8 Å². The van der Waals surface area contributed by atoms with Crippen LogP contribution in [0.5, 0.6) is 0 Å². The van der Waals surface area contributed by atoms with Crippen LogP contribution in [0.1, 0.15) is 63.7 Å². The molecule has 0 aromatic carbocycles. The number of rotatable bonds is 2. The van der Waals surface area contributed by atoms with E-state index in [0.717, 1.165) is 12.8 Å². The molecule has 2 rings (SSSR count). The topological polar surface area (TPSA) is 59.2 Å². The van der Waals surface area contributed by atoms with Gasteiger partial charge in [0.25, 0.3) is 0 Å². The van der Waals surface area contributed by atoms with E-state index in [-0.39, 0.29) is 0 Å². The minimum atomic E-state index is -1.03. The molecule has 1 N–H and O–H groups in total. The molecule has 1 heterocycles. The maximum absolute atomic E-state index is 9.70. The van der Waals surface area contributed by atoms with Crippen molar-refractivity contribution < 1.29 is 9.52 Å². The molecular formula is C11H18N2O2. The van der Waals surface area contributed by atoms with Crippen molar-refractivity contribution in [3.05, 3.63) is 11.8 Å². The van der Waals surface area contributed by atoms with Gasteiger partial charge in [-0.3, -0.25) is 0 Å². The molecular weight excluding hydrogens is 192 g/mol. The van der Waals surface area contributed by atoms with E-state index in [2.05, 4.69) is 10.2 Å². The second-order valence-electron chi connectivity index (χ2n) is 4.84. The maximum Gasteiger partial charge on any atom is 0.247 e. The van der Waals surface area contributed by atoms with Gasteiger partial charge in [0, 0.05) is 5.92 Å². The normalized spacial score (nSPS) is 19.4. The van der Waals surface area contributed by atoms with E-state index in [9.17, 15) is 5.11 Å². The Labute approximate surface area is 89.7 Å². The molecule has 15 heavy (non-hydrogen) atoms. The van der Waals surface area contributed by atoms with Crippen LogP contribution in [0.15, 0.2) is 4.42 Å². The molecule has 1 fully saturated rings. The van der Waals surface area contributed by atoms with Crippen LogP contribution in [0.25, 0.3) is 0 Å². The fourth-order valence-corrected chi connectivity index (χ4v) is 2.00. The van der Waals surface area contributed by atoms with Gasteiger partial charge in [0.2, 0.25) is 11.8 Å². The summed E-state index contributed by atoms with van der Waals surface area (Å²) in [6, 6.07) is 0. The summed E-state index contributed by atoms with van der Waals surface area (Å²) in [6.45, 7) is 3.32. The van der Waals surface area contributed by atoms with Crippen LogP contribution in [-0.4, -0.2) is 15.3 Å². The molecule has 84 valence electrons. The lowest BCUT2D eigenvalue weighted by molar-refractivity contribution is 0.0463. The van der Waals surface area contributed by atoms with E-state index in [0.29, 0.717) is 17.7 Å². The Kier molecular flexibility index (Phi) is 2.78. The van der Waals surface area contributed by atoms with Crippen molar-refractivity contribution in [1.29, 1.82) is 0 Å². The molecule has 0 radical (unpaired) electrons. The minimum absolute atomic E-state index is 0.322. The number of aliphatic hydroxyl groups is 1. The monoisotopic (exact) mass is 210 g/mol. The van der Waals surface area contributed by atoms with Gasteiger partial charge in [0.1, 0.15) is 5.60 Å². The van der Waals surface area contributed by atoms with Crippen LogP contribution in [0.4, 0.5) is 0 Å². The van der Waals surface area contributed by atoms with E-state index in [4.69, 9.17) is 4.42 Å². The van der Waals surface area contributed by atoms with Gasteiger partial charge < -0.3 is 9.52 Å². The molecule has 1 saturated carbocycles. The SMILES string of the molecule is CC(C)(O)c1nnc(C2CCCCC2)o1. The molecule has 0 spiro atoms. The third-order valence-electron chi connectivity index (χ3n) is 2.92. The molecule has 0 aliphatic heterocycles. The second kappa shape index (κ2) is 3.93. The molecule has 0 unspecified atom stereocenters. The Hall–Kier alpha value is -0.900. The zero-order valence-corrected chi connectivity index (χ0v) is 9.36. The van der Waals surface area contributed by atoms with Gasteiger partial charge in [-0.05, 0) is 26.7 Å². The van der Waals surface area contributed by atoms with Gasteiger partial charge in [-0.1, -0.05) is 19.3 Å². The standard InChI is InChI=1S/C11H18N2O2/c1-11(2,14)10-13-12-9(15-10)8-6-4-3-5-7-8/h8,14H,3-7H2,1-2H3. The predicted octanol–water partition coefficient (Wildman–Crippen LogP) is 2.34. The minimum Gasteiger partial charge on any atom is -0.422 e. The van der Waals surface area contributed by atoms with E-state index < -0.39 is 5.60 Å². The first kappa shape index (κ1) is 10.6.